The normalized spacial score (nSPS) is 12.1. The number of carbonyl (C=O) groups excluding carboxylic acids is 2. The summed E-state index contributed by atoms with van der Waals surface area (Å²) in [7, 11) is -2.48. The molecule has 2 rings (SSSR count). The number of hydrogen-bond acceptors (Lipinski definition) is 5. The Labute approximate surface area is 174 Å². The Morgan fingerprint density at radius 3 is 2.33 bits per heavy atom. The van der Waals surface area contributed by atoms with Crippen LogP contribution >= 0.6 is 0 Å². The van der Waals surface area contributed by atoms with Gasteiger partial charge in [0.2, 0.25) is 21.8 Å². The van der Waals surface area contributed by atoms with E-state index in [2.05, 4.69) is 15.4 Å². The molecule has 0 fully saturated rings. The molecule has 0 radical (unpaired) electrons. The summed E-state index contributed by atoms with van der Waals surface area (Å²) in [6.45, 7) is 2.63. The lowest BCUT2D eigenvalue weighted by Crippen LogP contribution is -2.42. The Morgan fingerprint density at radius 2 is 1.73 bits per heavy atom. The molecule has 2 amide bonds. The van der Waals surface area contributed by atoms with Gasteiger partial charge in [0.15, 0.2) is 11.6 Å². The van der Waals surface area contributed by atoms with Crippen LogP contribution in [0.4, 0.5) is 4.39 Å². The zero-order chi connectivity index (χ0) is 22.3. The summed E-state index contributed by atoms with van der Waals surface area (Å²) < 4.78 is 45.1. The number of aryl methyl sites for hydroxylation is 1. The summed E-state index contributed by atoms with van der Waals surface area (Å²) in [5.41, 5.74) is 1.43. The van der Waals surface area contributed by atoms with Crippen LogP contribution in [-0.2, 0) is 19.6 Å². The number of carbonyl (C=O) groups is 2. The van der Waals surface area contributed by atoms with Crippen molar-refractivity contribution in [2.45, 2.75) is 24.8 Å². The molecular formula is C20H24FN3O5S. The van der Waals surface area contributed by atoms with Crippen LogP contribution < -0.4 is 20.1 Å². The van der Waals surface area contributed by atoms with Crippen LogP contribution in [0.15, 0.2) is 47.4 Å². The molecule has 2 aromatic rings. The Bertz CT molecular complexity index is 1010. The molecule has 8 nitrogen and oxygen atoms in total. The fourth-order valence-corrected chi connectivity index (χ4v) is 3.51. The van der Waals surface area contributed by atoms with Crippen LogP contribution in [-0.4, -0.2) is 40.4 Å². The minimum Gasteiger partial charge on any atom is -0.494 e. The van der Waals surface area contributed by atoms with Gasteiger partial charge in [-0.05, 0) is 43.7 Å². The summed E-state index contributed by atoms with van der Waals surface area (Å²) in [6, 6.07) is 9.99. The van der Waals surface area contributed by atoms with E-state index in [1.165, 1.54) is 31.4 Å². The van der Waals surface area contributed by atoms with Crippen LogP contribution in [0.25, 0.3) is 0 Å². The van der Waals surface area contributed by atoms with Crippen molar-refractivity contribution in [3.05, 3.63) is 59.4 Å². The summed E-state index contributed by atoms with van der Waals surface area (Å²) in [4.78, 5) is 23.9. The molecule has 10 heteroatoms. The van der Waals surface area contributed by atoms with Crippen LogP contribution in [0.1, 0.15) is 24.1 Å². The van der Waals surface area contributed by atoms with Gasteiger partial charge < -0.3 is 15.4 Å². The Kier molecular flexibility index (Phi) is 7.90. The molecule has 0 aromatic heterocycles. The van der Waals surface area contributed by atoms with E-state index in [0.717, 1.165) is 5.56 Å². The SMILES string of the molecule is COc1ccc(C(C)NC(=O)CNC(=O)CNS(=O)(=O)c2ccc(C)cc2)cc1F. The van der Waals surface area contributed by atoms with Crippen LogP contribution in [0.2, 0.25) is 0 Å². The monoisotopic (exact) mass is 437 g/mol. The number of sulfonamides is 1. The first-order valence-corrected chi connectivity index (χ1v) is 10.6. The molecule has 0 saturated carbocycles. The summed E-state index contributed by atoms with van der Waals surface area (Å²) in [5.74, 6) is -1.62. The lowest BCUT2D eigenvalue weighted by atomic mass is 10.1. The number of halogens is 1. The van der Waals surface area contributed by atoms with Crippen LogP contribution in [0, 0.1) is 12.7 Å². The Balaban J connectivity index is 1.80. The highest BCUT2D eigenvalue weighted by Gasteiger charge is 2.16. The maximum Gasteiger partial charge on any atom is 0.241 e. The van der Waals surface area contributed by atoms with Gasteiger partial charge in [-0.2, -0.15) is 0 Å². The third-order valence-corrected chi connectivity index (χ3v) is 5.67. The van der Waals surface area contributed by atoms with E-state index >= 15 is 0 Å². The van der Waals surface area contributed by atoms with Gasteiger partial charge in [0, 0.05) is 0 Å². The highest BCUT2D eigenvalue weighted by Crippen LogP contribution is 2.21. The van der Waals surface area contributed by atoms with Crippen molar-refractivity contribution in [1.29, 1.82) is 0 Å². The van der Waals surface area contributed by atoms with Gasteiger partial charge in [0.1, 0.15) is 0 Å². The lowest BCUT2D eigenvalue weighted by Gasteiger charge is -2.15. The first kappa shape index (κ1) is 23.3. The molecule has 3 N–H and O–H groups in total. The first-order valence-electron chi connectivity index (χ1n) is 9.08. The van der Waals surface area contributed by atoms with Crippen molar-refractivity contribution >= 4 is 21.8 Å². The highest BCUT2D eigenvalue weighted by atomic mass is 32.2. The van der Waals surface area contributed by atoms with E-state index in [1.807, 2.05) is 6.92 Å². The second kappa shape index (κ2) is 10.2. The summed E-state index contributed by atoms with van der Waals surface area (Å²) in [6.07, 6.45) is 0. The minimum absolute atomic E-state index is 0.0409. The third-order valence-electron chi connectivity index (χ3n) is 4.25. The van der Waals surface area contributed by atoms with Gasteiger partial charge in [0.25, 0.3) is 0 Å². The van der Waals surface area contributed by atoms with E-state index in [-0.39, 0.29) is 17.2 Å². The van der Waals surface area contributed by atoms with E-state index in [9.17, 15) is 22.4 Å². The van der Waals surface area contributed by atoms with Crippen molar-refractivity contribution in [3.8, 4) is 5.75 Å². The maximum absolute atomic E-state index is 13.8. The standard InChI is InChI=1S/C20H24FN3O5S/c1-13-4-7-16(8-5-13)30(27,28)23-12-19(25)22-11-20(26)24-14(2)15-6-9-18(29-3)17(21)10-15/h4-10,14,23H,11-12H2,1-3H3,(H,22,25)(H,24,26). The third kappa shape index (κ3) is 6.53. The van der Waals surface area contributed by atoms with E-state index in [0.29, 0.717) is 5.56 Å². The maximum atomic E-state index is 13.8. The second-order valence-electron chi connectivity index (χ2n) is 6.60. The smallest absolute Gasteiger partial charge is 0.241 e. The largest absolute Gasteiger partial charge is 0.494 e. The Morgan fingerprint density at radius 1 is 1.07 bits per heavy atom. The fourth-order valence-electron chi connectivity index (χ4n) is 2.53. The predicted octanol–water partition coefficient (Wildman–Crippen LogP) is 1.41. The number of ether oxygens (including phenoxy) is 1. The number of rotatable bonds is 9. The molecule has 30 heavy (non-hydrogen) atoms. The van der Waals surface area contributed by atoms with Crippen molar-refractivity contribution < 1.29 is 27.1 Å². The second-order valence-corrected chi connectivity index (χ2v) is 8.36. The first-order chi connectivity index (χ1) is 14.1. The molecular weight excluding hydrogens is 413 g/mol. The van der Waals surface area contributed by atoms with E-state index < -0.39 is 40.2 Å². The predicted molar refractivity (Wildman–Crippen MR) is 109 cm³/mol. The quantitative estimate of drug-likeness (QED) is 0.549. The fraction of sp³-hybridized carbons (Fsp3) is 0.300. The van der Waals surface area contributed by atoms with Gasteiger partial charge in [-0.25, -0.2) is 17.5 Å². The van der Waals surface area contributed by atoms with Crippen molar-refractivity contribution in [2.24, 2.45) is 0 Å². The molecule has 0 heterocycles. The number of methoxy groups -OCH3 is 1. The molecule has 0 aliphatic heterocycles. The van der Waals surface area contributed by atoms with Gasteiger partial charge in [-0.3, -0.25) is 9.59 Å². The zero-order valence-electron chi connectivity index (χ0n) is 16.9. The zero-order valence-corrected chi connectivity index (χ0v) is 17.7. The average molecular weight is 437 g/mol. The molecule has 1 atom stereocenters. The minimum atomic E-state index is -3.83. The summed E-state index contributed by atoms with van der Waals surface area (Å²) in [5, 5.41) is 4.95. The van der Waals surface area contributed by atoms with Crippen LogP contribution in [0.3, 0.4) is 0 Å². The number of nitrogens with one attached hydrogen (secondary N) is 3. The molecule has 0 aliphatic carbocycles. The van der Waals surface area contributed by atoms with Crippen LogP contribution in [0.5, 0.6) is 5.75 Å². The highest BCUT2D eigenvalue weighted by molar-refractivity contribution is 7.89. The topological polar surface area (TPSA) is 114 Å². The van der Waals surface area contributed by atoms with Crippen molar-refractivity contribution in [1.82, 2.24) is 15.4 Å². The number of benzene rings is 2. The van der Waals surface area contributed by atoms with Crippen molar-refractivity contribution in [3.63, 3.8) is 0 Å². The summed E-state index contributed by atoms with van der Waals surface area (Å²) >= 11 is 0. The average Bonchev–Trinajstić information content (AvgIpc) is 2.71. The molecule has 0 aliphatic rings. The molecule has 0 saturated heterocycles. The lowest BCUT2D eigenvalue weighted by molar-refractivity contribution is -0.125. The molecule has 0 bridgehead atoms. The van der Waals surface area contributed by atoms with Crippen molar-refractivity contribution in [2.75, 3.05) is 20.2 Å². The van der Waals surface area contributed by atoms with Gasteiger partial charge in [0.05, 0.1) is 31.1 Å². The number of amides is 2. The molecule has 162 valence electrons. The van der Waals surface area contributed by atoms with Gasteiger partial charge in [-0.1, -0.05) is 23.8 Å². The Hall–Kier alpha value is -2.98. The van der Waals surface area contributed by atoms with Gasteiger partial charge in [-0.15, -0.1) is 0 Å². The molecule has 2 aromatic carbocycles. The van der Waals surface area contributed by atoms with Gasteiger partial charge >= 0.3 is 0 Å². The van der Waals surface area contributed by atoms with E-state index in [4.69, 9.17) is 4.74 Å². The van der Waals surface area contributed by atoms with E-state index in [1.54, 1.807) is 25.1 Å². The molecule has 0 spiro atoms. The number of hydrogen-bond donors (Lipinski definition) is 3. The molecule has 1 unspecified atom stereocenters.